The van der Waals surface area contributed by atoms with E-state index in [1.54, 1.807) is 0 Å². The molecule has 0 aliphatic heterocycles. The SMILES string of the molecule is CCC1CCC(CNC(C)C)C(C2CCC(C)CC2)C1. The maximum atomic E-state index is 3.73. The second kappa shape index (κ2) is 7.82. The second-order valence-corrected chi connectivity index (χ2v) is 8.09. The van der Waals surface area contributed by atoms with Crippen molar-refractivity contribution in [3.63, 3.8) is 0 Å². The zero-order valence-electron chi connectivity index (χ0n) is 14.3. The van der Waals surface area contributed by atoms with Crippen molar-refractivity contribution < 1.29 is 0 Å². The molecule has 118 valence electrons. The predicted molar refractivity (Wildman–Crippen MR) is 88.9 cm³/mol. The number of hydrogen-bond donors (Lipinski definition) is 1. The third-order valence-corrected chi connectivity index (χ3v) is 6.19. The molecule has 0 saturated heterocycles. The average Bonchev–Trinajstić information content (AvgIpc) is 2.45. The van der Waals surface area contributed by atoms with Gasteiger partial charge in [0, 0.05) is 6.04 Å². The molecule has 0 amide bonds. The monoisotopic (exact) mass is 279 g/mol. The Labute approximate surface area is 127 Å². The molecule has 3 atom stereocenters. The molecule has 1 heteroatoms. The zero-order chi connectivity index (χ0) is 14.5. The molecule has 2 saturated carbocycles. The van der Waals surface area contributed by atoms with Gasteiger partial charge in [0.15, 0.2) is 0 Å². The zero-order valence-corrected chi connectivity index (χ0v) is 14.3. The minimum Gasteiger partial charge on any atom is -0.314 e. The van der Waals surface area contributed by atoms with Crippen LogP contribution in [0.1, 0.15) is 79.1 Å². The van der Waals surface area contributed by atoms with E-state index in [4.69, 9.17) is 0 Å². The molecule has 2 aliphatic rings. The molecular weight excluding hydrogens is 242 g/mol. The van der Waals surface area contributed by atoms with Gasteiger partial charge in [-0.15, -0.1) is 0 Å². The summed E-state index contributed by atoms with van der Waals surface area (Å²) >= 11 is 0. The van der Waals surface area contributed by atoms with Crippen LogP contribution in [0, 0.1) is 29.6 Å². The molecule has 20 heavy (non-hydrogen) atoms. The first kappa shape index (κ1) is 16.3. The summed E-state index contributed by atoms with van der Waals surface area (Å²) in [5, 5.41) is 3.73. The Morgan fingerprint density at radius 2 is 1.70 bits per heavy atom. The molecule has 2 fully saturated rings. The van der Waals surface area contributed by atoms with E-state index in [-0.39, 0.29) is 0 Å². The topological polar surface area (TPSA) is 12.0 Å². The Morgan fingerprint density at radius 1 is 1.00 bits per heavy atom. The third kappa shape index (κ3) is 4.48. The summed E-state index contributed by atoms with van der Waals surface area (Å²) in [5.74, 6) is 5.03. The summed E-state index contributed by atoms with van der Waals surface area (Å²) in [6.07, 6.45) is 11.9. The summed E-state index contributed by atoms with van der Waals surface area (Å²) < 4.78 is 0. The van der Waals surface area contributed by atoms with Gasteiger partial charge >= 0.3 is 0 Å². The van der Waals surface area contributed by atoms with Gasteiger partial charge in [-0.05, 0) is 61.8 Å². The minimum absolute atomic E-state index is 0.644. The van der Waals surface area contributed by atoms with Crippen molar-refractivity contribution in [2.75, 3.05) is 6.54 Å². The molecule has 0 aromatic rings. The predicted octanol–water partition coefficient (Wildman–Crippen LogP) is 5.25. The summed E-state index contributed by atoms with van der Waals surface area (Å²) in [5.41, 5.74) is 0. The smallest absolute Gasteiger partial charge is 0.00104 e. The Hall–Kier alpha value is -0.0400. The number of rotatable bonds is 5. The van der Waals surface area contributed by atoms with E-state index in [9.17, 15) is 0 Å². The number of nitrogens with one attached hydrogen (secondary N) is 1. The Balaban J connectivity index is 1.94. The fraction of sp³-hybridized carbons (Fsp3) is 1.00. The van der Waals surface area contributed by atoms with Crippen LogP contribution in [0.4, 0.5) is 0 Å². The Kier molecular flexibility index (Phi) is 6.39. The summed E-state index contributed by atoms with van der Waals surface area (Å²) in [6, 6.07) is 0.644. The molecule has 0 aromatic heterocycles. The van der Waals surface area contributed by atoms with E-state index in [0.29, 0.717) is 6.04 Å². The van der Waals surface area contributed by atoms with Crippen LogP contribution in [0.2, 0.25) is 0 Å². The maximum absolute atomic E-state index is 3.73. The van der Waals surface area contributed by atoms with Crippen molar-refractivity contribution >= 4 is 0 Å². The van der Waals surface area contributed by atoms with E-state index in [1.165, 1.54) is 57.9 Å². The first-order valence-corrected chi connectivity index (χ1v) is 9.33. The second-order valence-electron chi connectivity index (χ2n) is 8.09. The molecule has 0 aromatic carbocycles. The highest BCUT2D eigenvalue weighted by molar-refractivity contribution is 4.87. The van der Waals surface area contributed by atoms with Gasteiger partial charge in [0.05, 0.1) is 0 Å². The van der Waals surface area contributed by atoms with Gasteiger partial charge in [0.1, 0.15) is 0 Å². The molecule has 2 aliphatic carbocycles. The van der Waals surface area contributed by atoms with Gasteiger partial charge in [-0.25, -0.2) is 0 Å². The lowest BCUT2D eigenvalue weighted by atomic mass is 9.64. The van der Waals surface area contributed by atoms with Gasteiger partial charge in [0.2, 0.25) is 0 Å². The lowest BCUT2D eigenvalue weighted by Crippen LogP contribution is -2.39. The lowest BCUT2D eigenvalue weighted by Gasteiger charge is -2.43. The van der Waals surface area contributed by atoms with Crippen molar-refractivity contribution in [1.29, 1.82) is 0 Å². The van der Waals surface area contributed by atoms with Crippen molar-refractivity contribution in [2.24, 2.45) is 29.6 Å². The molecule has 3 unspecified atom stereocenters. The normalized spacial score (nSPS) is 39.1. The molecule has 0 bridgehead atoms. The molecule has 1 nitrogen and oxygen atoms in total. The van der Waals surface area contributed by atoms with Gasteiger partial charge in [-0.3, -0.25) is 0 Å². The van der Waals surface area contributed by atoms with Crippen LogP contribution in [0.15, 0.2) is 0 Å². The van der Waals surface area contributed by atoms with Gasteiger partial charge < -0.3 is 5.32 Å². The van der Waals surface area contributed by atoms with Gasteiger partial charge in [0.25, 0.3) is 0 Å². The van der Waals surface area contributed by atoms with Gasteiger partial charge in [-0.1, -0.05) is 53.4 Å². The summed E-state index contributed by atoms with van der Waals surface area (Å²) in [6.45, 7) is 10.7. The van der Waals surface area contributed by atoms with E-state index < -0.39 is 0 Å². The number of hydrogen-bond acceptors (Lipinski definition) is 1. The molecule has 0 radical (unpaired) electrons. The standard InChI is InChI=1S/C19H37N/c1-5-16-8-11-18(13-20-14(2)3)19(12-16)17-9-6-15(4)7-10-17/h14-20H,5-13H2,1-4H3. The molecule has 1 N–H and O–H groups in total. The quantitative estimate of drug-likeness (QED) is 0.724. The highest BCUT2D eigenvalue weighted by atomic mass is 14.9. The van der Waals surface area contributed by atoms with Crippen LogP contribution >= 0.6 is 0 Å². The molecule has 0 heterocycles. The first-order chi connectivity index (χ1) is 9.60. The maximum Gasteiger partial charge on any atom is 0.00104 e. The first-order valence-electron chi connectivity index (χ1n) is 9.33. The van der Waals surface area contributed by atoms with E-state index in [0.717, 1.165) is 29.6 Å². The van der Waals surface area contributed by atoms with Crippen LogP contribution < -0.4 is 5.32 Å². The minimum atomic E-state index is 0.644. The third-order valence-electron chi connectivity index (χ3n) is 6.19. The van der Waals surface area contributed by atoms with Crippen LogP contribution in [-0.4, -0.2) is 12.6 Å². The summed E-state index contributed by atoms with van der Waals surface area (Å²) in [7, 11) is 0. The van der Waals surface area contributed by atoms with Crippen molar-refractivity contribution in [2.45, 2.75) is 85.1 Å². The van der Waals surface area contributed by atoms with Crippen molar-refractivity contribution in [3.8, 4) is 0 Å². The van der Waals surface area contributed by atoms with Crippen LogP contribution in [-0.2, 0) is 0 Å². The van der Waals surface area contributed by atoms with E-state index in [1.807, 2.05) is 0 Å². The molecule has 0 spiro atoms. The molecule has 2 rings (SSSR count). The van der Waals surface area contributed by atoms with Crippen LogP contribution in [0.5, 0.6) is 0 Å². The fourth-order valence-electron chi connectivity index (χ4n) is 4.66. The van der Waals surface area contributed by atoms with Crippen molar-refractivity contribution in [1.82, 2.24) is 5.32 Å². The largest absolute Gasteiger partial charge is 0.314 e. The van der Waals surface area contributed by atoms with Crippen LogP contribution in [0.25, 0.3) is 0 Å². The molecular formula is C19H37N. The lowest BCUT2D eigenvalue weighted by molar-refractivity contribution is 0.0836. The Morgan fingerprint density at radius 3 is 2.30 bits per heavy atom. The highest BCUT2D eigenvalue weighted by Crippen LogP contribution is 2.45. The fourth-order valence-corrected chi connectivity index (χ4v) is 4.66. The Bertz CT molecular complexity index is 265. The highest BCUT2D eigenvalue weighted by Gasteiger charge is 2.36. The van der Waals surface area contributed by atoms with E-state index >= 15 is 0 Å². The van der Waals surface area contributed by atoms with Crippen molar-refractivity contribution in [3.05, 3.63) is 0 Å². The van der Waals surface area contributed by atoms with E-state index in [2.05, 4.69) is 33.0 Å². The summed E-state index contributed by atoms with van der Waals surface area (Å²) in [4.78, 5) is 0. The average molecular weight is 280 g/mol. The van der Waals surface area contributed by atoms with Crippen LogP contribution in [0.3, 0.4) is 0 Å². The van der Waals surface area contributed by atoms with Gasteiger partial charge in [-0.2, -0.15) is 0 Å².